The van der Waals surface area contributed by atoms with Gasteiger partial charge in [0.1, 0.15) is 5.65 Å². The lowest BCUT2D eigenvalue weighted by Gasteiger charge is -2.09. The van der Waals surface area contributed by atoms with Gasteiger partial charge in [-0.2, -0.15) is 0 Å². The zero-order chi connectivity index (χ0) is 20.7. The van der Waals surface area contributed by atoms with Crippen molar-refractivity contribution in [2.75, 3.05) is 0 Å². The van der Waals surface area contributed by atoms with Crippen LogP contribution < -0.4 is 0 Å². The molecule has 0 radical (unpaired) electrons. The van der Waals surface area contributed by atoms with Crippen LogP contribution in [0.1, 0.15) is 26.5 Å². The van der Waals surface area contributed by atoms with Gasteiger partial charge in [0.25, 0.3) is 0 Å². The first-order chi connectivity index (χ1) is 14.6. The quantitative estimate of drug-likeness (QED) is 0.391. The van der Waals surface area contributed by atoms with E-state index in [2.05, 4.69) is 26.8 Å². The fraction of sp³-hybridized carbons (Fsp3) is 0.0417. The van der Waals surface area contributed by atoms with Gasteiger partial charge in [0.2, 0.25) is 0 Å². The van der Waals surface area contributed by atoms with Crippen LogP contribution in [0.3, 0.4) is 0 Å². The van der Waals surface area contributed by atoms with Gasteiger partial charge in [-0.1, -0.05) is 24.0 Å². The molecule has 0 aliphatic carbocycles. The molecule has 5 aromatic rings. The number of aromatic carboxylic acids is 1. The summed E-state index contributed by atoms with van der Waals surface area (Å²) in [4.78, 5) is 23.9. The summed E-state index contributed by atoms with van der Waals surface area (Å²) in [5, 5.41) is 11.7. The molecule has 5 rings (SSSR count). The van der Waals surface area contributed by atoms with Crippen molar-refractivity contribution in [1.82, 2.24) is 15.0 Å². The van der Waals surface area contributed by atoms with Crippen molar-refractivity contribution in [3.05, 3.63) is 82.6 Å². The summed E-state index contributed by atoms with van der Waals surface area (Å²) in [6.45, 7) is 1.96. The number of carboxylic acids is 1. The summed E-state index contributed by atoms with van der Waals surface area (Å²) in [5.74, 6) is 5.36. The summed E-state index contributed by atoms with van der Waals surface area (Å²) in [6.07, 6.45) is 3.54. The van der Waals surface area contributed by atoms with E-state index in [0.29, 0.717) is 11.1 Å². The highest BCUT2D eigenvalue weighted by molar-refractivity contribution is 7.18. The first-order valence-electron chi connectivity index (χ1n) is 9.28. The van der Waals surface area contributed by atoms with E-state index in [1.807, 2.05) is 49.5 Å². The Morgan fingerprint density at radius 3 is 2.83 bits per heavy atom. The summed E-state index contributed by atoms with van der Waals surface area (Å²) < 4.78 is 1.07. The van der Waals surface area contributed by atoms with E-state index in [1.165, 1.54) is 0 Å². The van der Waals surface area contributed by atoms with E-state index in [0.717, 1.165) is 37.4 Å². The number of pyridine rings is 1. The molecule has 0 atom stereocenters. The molecule has 30 heavy (non-hydrogen) atoms. The molecule has 2 N–H and O–H groups in total. The lowest BCUT2D eigenvalue weighted by atomic mass is 9.94. The molecule has 6 heteroatoms. The van der Waals surface area contributed by atoms with Gasteiger partial charge in [-0.05, 0) is 48.9 Å². The average molecular weight is 409 g/mol. The maximum Gasteiger partial charge on any atom is 0.336 e. The van der Waals surface area contributed by atoms with Crippen LogP contribution in [0.15, 0.2) is 60.9 Å². The van der Waals surface area contributed by atoms with Crippen LogP contribution in [-0.2, 0) is 0 Å². The monoisotopic (exact) mass is 409 g/mol. The minimum atomic E-state index is -0.987. The number of benzene rings is 2. The molecule has 3 aromatic heterocycles. The minimum absolute atomic E-state index is 0.216. The van der Waals surface area contributed by atoms with Crippen LogP contribution in [0.5, 0.6) is 0 Å². The van der Waals surface area contributed by atoms with Gasteiger partial charge in [-0.3, -0.25) is 0 Å². The predicted molar refractivity (Wildman–Crippen MR) is 119 cm³/mol. The molecule has 5 nitrogen and oxygen atoms in total. The summed E-state index contributed by atoms with van der Waals surface area (Å²) in [5.41, 5.74) is 4.70. The molecule has 0 spiro atoms. The highest BCUT2D eigenvalue weighted by Gasteiger charge is 2.16. The van der Waals surface area contributed by atoms with Gasteiger partial charge in [0.05, 0.1) is 26.4 Å². The third-order valence-corrected chi connectivity index (χ3v) is 5.81. The van der Waals surface area contributed by atoms with E-state index >= 15 is 0 Å². The lowest BCUT2D eigenvalue weighted by Crippen LogP contribution is -2.01. The number of rotatable bonds is 2. The molecule has 0 amide bonds. The number of nitrogens with one attached hydrogen (secondary N) is 1. The molecule has 0 bridgehead atoms. The Balaban J connectivity index is 1.69. The molecular weight excluding hydrogens is 394 g/mol. The van der Waals surface area contributed by atoms with E-state index in [9.17, 15) is 9.90 Å². The SMILES string of the molecule is Cc1nc2cc(-c3c(C#Cc4c[nH]c5ncccc45)cccc3C(=O)O)ccc2s1. The molecule has 0 saturated carbocycles. The second kappa shape index (κ2) is 7.14. The van der Waals surface area contributed by atoms with Gasteiger partial charge < -0.3 is 10.1 Å². The molecule has 144 valence electrons. The number of aromatic nitrogens is 3. The predicted octanol–water partition coefficient (Wildman–Crippen LogP) is 5.25. The van der Waals surface area contributed by atoms with Crippen LogP contribution >= 0.6 is 11.3 Å². The number of nitrogens with zero attached hydrogens (tertiary/aromatic N) is 2. The van der Waals surface area contributed by atoms with Crippen LogP contribution in [0.25, 0.3) is 32.4 Å². The van der Waals surface area contributed by atoms with E-state index in [-0.39, 0.29) is 5.56 Å². The van der Waals surface area contributed by atoms with Crippen molar-refractivity contribution in [2.45, 2.75) is 6.92 Å². The Labute approximate surface area is 176 Å². The van der Waals surface area contributed by atoms with Crippen LogP contribution in [-0.4, -0.2) is 26.0 Å². The van der Waals surface area contributed by atoms with Crippen molar-refractivity contribution >= 4 is 38.6 Å². The Kier molecular flexibility index (Phi) is 4.31. The Morgan fingerprint density at radius 2 is 1.97 bits per heavy atom. The van der Waals surface area contributed by atoms with Crippen molar-refractivity contribution in [1.29, 1.82) is 0 Å². The third-order valence-electron chi connectivity index (χ3n) is 4.86. The largest absolute Gasteiger partial charge is 0.478 e. The lowest BCUT2D eigenvalue weighted by molar-refractivity contribution is 0.0697. The van der Waals surface area contributed by atoms with Crippen LogP contribution in [0.4, 0.5) is 0 Å². The van der Waals surface area contributed by atoms with Crippen molar-refractivity contribution < 1.29 is 9.90 Å². The molecule has 3 heterocycles. The normalized spacial score (nSPS) is 10.8. The fourth-order valence-electron chi connectivity index (χ4n) is 3.54. The van der Waals surface area contributed by atoms with Gasteiger partial charge in [-0.25, -0.2) is 14.8 Å². The van der Waals surface area contributed by atoms with Gasteiger partial charge in [-0.15, -0.1) is 11.3 Å². The number of carboxylic acid groups (broad SMARTS) is 1. The first kappa shape index (κ1) is 18.1. The fourth-order valence-corrected chi connectivity index (χ4v) is 4.35. The maximum atomic E-state index is 11.9. The van der Waals surface area contributed by atoms with Gasteiger partial charge in [0.15, 0.2) is 0 Å². The van der Waals surface area contributed by atoms with Crippen molar-refractivity contribution in [2.24, 2.45) is 0 Å². The highest BCUT2D eigenvalue weighted by atomic mass is 32.1. The van der Waals surface area contributed by atoms with E-state index in [4.69, 9.17) is 0 Å². The average Bonchev–Trinajstić information content (AvgIpc) is 3.33. The summed E-state index contributed by atoms with van der Waals surface area (Å²) in [6, 6.07) is 14.8. The summed E-state index contributed by atoms with van der Waals surface area (Å²) in [7, 11) is 0. The number of thiazole rings is 1. The zero-order valence-electron chi connectivity index (χ0n) is 15.9. The summed E-state index contributed by atoms with van der Waals surface area (Å²) >= 11 is 1.62. The van der Waals surface area contributed by atoms with Gasteiger partial charge >= 0.3 is 5.97 Å². The first-order valence-corrected chi connectivity index (χ1v) is 10.1. The number of fused-ring (bicyclic) bond motifs is 2. The van der Waals surface area contributed by atoms with Crippen molar-refractivity contribution in [3.63, 3.8) is 0 Å². The number of carbonyl (C=O) groups is 1. The van der Waals surface area contributed by atoms with Crippen LogP contribution in [0, 0.1) is 18.8 Å². The molecule has 0 aliphatic rings. The second-order valence-corrected chi connectivity index (χ2v) is 8.04. The third kappa shape index (κ3) is 3.11. The molecule has 0 unspecified atom stereocenters. The topological polar surface area (TPSA) is 78.9 Å². The minimum Gasteiger partial charge on any atom is -0.478 e. The van der Waals surface area contributed by atoms with Crippen molar-refractivity contribution in [3.8, 4) is 23.0 Å². The Morgan fingerprint density at radius 1 is 1.10 bits per heavy atom. The molecule has 0 aliphatic heterocycles. The number of H-pyrrole nitrogens is 1. The van der Waals surface area contributed by atoms with Gasteiger partial charge in [0, 0.05) is 28.9 Å². The maximum absolute atomic E-state index is 11.9. The van der Waals surface area contributed by atoms with Crippen LogP contribution in [0.2, 0.25) is 0 Å². The van der Waals surface area contributed by atoms with E-state index < -0.39 is 5.97 Å². The molecule has 0 saturated heterocycles. The smallest absolute Gasteiger partial charge is 0.336 e. The van der Waals surface area contributed by atoms with E-state index in [1.54, 1.807) is 29.7 Å². The molecule has 0 fully saturated rings. The Hall–Kier alpha value is -3.95. The standard InChI is InChI=1S/C24H15N3O2S/c1-14-27-20-12-16(9-10-21(20)30-14)22-15(4-2-5-19(22)24(28)29)7-8-17-13-26-23-18(17)6-3-11-25-23/h2-6,9-13H,1H3,(H,25,26)(H,28,29). The molecular formula is C24H15N3O2S. The number of aryl methyl sites for hydroxylation is 1. The number of aromatic amines is 1. The highest BCUT2D eigenvalue weighted by Crippen LogP contribution is 2.32. The Bertz CT molecular complexity index is 1500. The zero-order valence-corrected chi connectivity index (χ0v) is 16.7. The second-order valence-electron chi connectivity index (χ2n) is 6.80. The molecule has 2 aromatic carbocycles. The number of hydrogen-bond donors (Lipinski definition) is 2. The number of hydrogen-bond acceptors (Lipinski definition) is 4.